The average molecular weight is 429 g/mol. The van der Waals surface area contributed by atoms with Crippen LogP contribution in [0.3, 0.4) is 0 Å². The summed E-state index contributed by atoms with van der Waals surface area (Å²) in [7, 11) is 0. The largest absolute Gasteiger partial charge is 0.493 e. The molecule has 0 bridgehead atoms. The molecule has 1 aromatic carbocycles. The van der Waals surface area contributed by atoms with E-state index in [2.05, 4.69) is 13.8 Å². The monoisotopic (exact) mass is 428 g/mol. The fourth-order valence-corrected chi connectivity index (χ4v) is 7.26. The summed E-state index contributed by atoms with van der Waals surface area (Å²) in [5, 5.41) is 0. The van der Waals surface area contributed by atoms with Crippen LogP contribution in [0.1, 0.15) is 115 Å². The van der Waals surface area contributed by atoms with Gasteiger partial charge in [-0.05, 0) is 105 Å². The molecule has 31 heavy (non-hydrogen) atoms. The third-order valence-electron chi connectivity index (χ3n) is 9.09. The second-order valence-electron chi connectivity index (χ2n) is 11.1. The van der Waals surface area contributed by atoms with E-state index in [9.17, 15) is 4.39 Å². The molecule has 0 saturated heterocycles. The van der Waals surface area contributed by atoms with Gasteiger partial charge in [-0.1, -0.05) is 52.0 Å². The van der Waals surface area contributed by atoms with Crippen LogP contribution in [0.25, 0.3) is 0 Å². The van der Waals surface area contributed by atoms with Crippen LogP contribution in [0.5, 0.6) is 5.75 Å². The van der Waals surface area contributed by atoms with Crippen LogP contribution in [0.2, 0.25) is 0 Å². The summed E-state index contributed by atoms with van der Waals surface area (Å²) in [6, 6.07) is 5.64. The normalized spacial score (nSPS) is 33.6. The number of hydrogen-bond acceptors (Lipinski definition) is 1. The Hall–Kier alpha value is -1.05. The van der Waals surface area contributed by atoms with Crippen molar-refractivity contribution in [1.82, 2.24) is 0 Å². The fourth-order valence-electron chi connectivity index (χ4n) is 7.26. The highest BCUT2D eigenvalue weighted by Gasteiger charge is 2.39. The zero-order valence-electron chi connectivity index (χ0n) is 20.1. The topological polar surface area (TPSA) is 9.23 Å². The molecule has 0 radical (unpaired) electrons. The van der Waals surface area contributed by atoms with Gasteiger partial charge in [0, 0.05) is 6.07 Å². The van der Waals surface area contributed by atoms with E-state index in [4.69, 9.17) is 4.74 Å². The van der Waals surface area contributed by atoms with Crippen molar-refractivity contribution in [1.29, 1.82) is 0 Å². The number of rotatable bonds is 8. The van der Waals surface area contributed by atoms with Gasteiger partial charge < -0.3 is 4.74 Å². The minimum atomic E-state index is -0.0463. The van der Waals surface area contributed by atoms with Gasteiger partial charge >= 0.3 is 0 Å². The van der Waals surface area contributed by atoms with Crippen LogP contribution in [-0.2, 0) is 0 Å². The van der Waals surface area contributed by atoms with Crippen molar-refractivity contribution in [2.24, 2.45) is 29.6 Å². The molecule has 0 amide bonds. The molecule has 0 aromatic heterocycles. The smallest absolute Gasteiger partial charge is 0.130 e. The van der Waals surface area contributed by atoms with E-state index in [-0.39, 0.29) is 5.82 Å². The van der Waals surface area contributed by atoms with Gasteiger partial charge in [0.2, 0.25) is 0 Å². The Labute approximate surface area is 190 Å². The zero-order valence-corrected chi connectivity index (χ0v) is 20.1. The highest BCUT2D eigenvalue weighted by molar-refractivity contribution is 5.31. The third kappa shape index (κ3) is 5.85. The minimum absolute atomic E-state index is 0.0463. The van der Waals surface area contributed by atoms with Crippen LogP contribution in [-0.4, -0.2) is 6.61 Å². The van der Waals surface area contributed by atoms with Crippen LogP contribution < -0.4 is 4.74 Å². The molecule has 1 nitrogen and oxygen atoms in total. The molecule has 174 valence electrons. The van der Waals surface area contributed by atoms with Gasteiger partial charge in [0.05, 0.1) is 6.61 Å². The van der Waals surface area contributed by atoms with Gasteiger partial charge in [0.1, 0.15) is 11.6 Å². The van der Waals surface area contributed by atoms with Gasteiger partial charge in [0.25, 0.3) is 0 Å². The van der Waals surface area contributed by atoms with Gasteiger partial charge in [-0.3, -0.25) is 0 Å². The number of unbranched alkanes of at least 4 members (excludes halogenated alkanes) is 1. The van der Waals surface area contributed by atoms with Crippen molar-refractivity contribution in [2.45, 2.75) is 110 Å². The lowest BCUT2D eigenvalue weighted by Crippen LogP contribution is -2.34. The van der Waals surface area contributed by atoms with E-state index < -0.39 is 0 Å². The fraction of sp³-hybridized carbons (Fsp3) is 0.793. The van der Waals surface area contributed by atoms with Crippen molar-refractivity contribution in [2.75, 3.05) is 6.61 Å². The Kier molecular flexibility index (Phi) is 8.35. The van der Waals surface area contributed by atoms with Crippen LogP contribution in [0.4, 0.5) is 4.39 Å². The summed E-state index contributed by atoms with van der Waals surface area (Å²) in [5.74, 6) is 5.79. The molecule has 4 atom stereocenters. The van der Waals surface area contributed by atoms with Crippen molar-refractivity contribution in [3.05, 3.63) is 29.6 Å². The second kappa shape index (κ2) is 11.2. The summed E-state index contributed by atoms with van der Waals surface area (Å²) >= 11 is 0. The molecule has 0 N–H and O–H groups in total. The number of benzene rings is 1. The Morgan fingerprint density at radius 1 is 0.806 bits per heavy atom. The first-order valence-electron chi connectivity index (χ1n) is 13.6. The highest BCUT2D eigenvalue weighted by atomic mass is 19.1. The Bertz CT molecular complexity index is 677. The zero-order chi connectivity index (χ0) is 21.6. The van der Waals surface area contributed by atoms with Crippen LogP contribution in [0, 0.1) is 35.4 Å². The summed E-state index contributed by atoms with van der Waals surface area (Å²) in [4.78, 5) is 0. The predicted octanol–water partition coefficient (Wildman–Crippen LogP) is 8.91. The van der Waals surface area contributed by atoms with Crippen molar-refractivity contribution in [3.8, 4) is 5.75 Å². The van der Waals surface area contributed by atoms with Crippen LogP contribution >= 0.6 is 0 Å². The van der Waals surface area contributed by atoms with Crippen molar-refractivity contribution >= 4 is 0 Å². The van der Waals surface area contributed by atoms with Crippen LogP contribution in [0.15, 0.2) is 18.2 Å². The molecular weight excluding hydrogens is 383 g/mol. The van der Waals surface area contributed by atoms with Crippen molar-refractivity contribution in [3.63, 3.8) is 0 Å². The molecule has 4 unspecified atom stereocenters. The van der Waals surface area contributed by atoms with E-state index in [0.717, 1.165) is 48.0 Å². The summed E-state index contributed by atoms with van der Waals surface area (Å²) in [6.07, 6.45) is 18.9. The summed E-state index contributed by atoms with van der Waals surface area (Å²) in [5.41, 5.74) is 0.942. The maximum Gasteiger partial charge on any atom is 0.130 e. The molecule has 3 saturated carbocycles. The SMILES string of the molecule is CCCCOc1ccc(C2CCC3CC(C4CCC(CCC)CC4)CCC3C2)c(F)c1. The summed E-state index contributed by atoms with van der Waals surface area (Å²) < 4.78 is 20.6. The number of fused-ring (bicyclic) bond motifs is 1. The van der Waals surface area contributed by atoms with E-state index in [1.807, 2.05) is 12.1 Å². The van der Waals surface area contributed by atoms with E-state index >= 15 is 0 Å². The second-order valence-corrected chi connectivity index (χ2v) is 11.1. The van der Waals surface area contributed by atoms with E-state index in [0.29, 0.717) is 18.3 Å². The maximum absolute atomic E-state index is 14.9. The Balaban J connectivity index is 1.28. The predicted molar refractivity (Wildman–Crippen MR) is 128 cm³/mol. The maximum atomic E-state index is 14.9. The quantitative estimate of drug-likeness (QED) is 0.375. The number of halogens is 1. The van der Waals surface area contributed by atoms with E-state index in [1.54, 1.807) is 6.07 Å². The standard InChI is InChI=1S/C29H45FO/c1-3-5-17-31-27-15-16-28(29(30)20-27)26-14-13-24-18-23(11-12-25(24)19-26)22-9-7-21(6-4-2)8-10-22/h15-16,20-26H,3-14,17-19H2,1-2H3. The molecule has 2 heteroatoms. The average Bonchev–Trinajstić information content (AvgIpc) is 2.79. The minimum Gasteiger partial charge on any atom is -0.493 e. The lowest BCUT2D eigenvalue weighted by molar-refractivity contribution is 0.0708. The Morgan fingerprint density at radius 3 is 2.19 bits per heavy atom. The third-order valence-corrected chi connectivity index (χ3v) is 9.09. The molecule has 4 rings (SSSR count). The molecule has 3 aliphatic carbocycles. The van der Waals surface area contributed by atoms with Gasteiger partial charge in [0.15, 0.2) is 0 Å². The summed E-state index contributed by atoms with van der Waals surface area (Å²) in [6.45, 7) is 5.17. The molecule has 0 heterocycles. The Morgan fingerprint density at radius 2 is 1.48 bits per heavy atom. The molecule has 3 fully saturated rings. The molecule has 1 aromatic rings. The molecule has 3 aliphatic rings. The van der Waals surface area contributed by atoms with Crippen molar-refractivity contribution < 1.29 is 9.13 Å². The highest BCUT2D eigenvalue weighted by Crippen LogP contribution is 2.51. The number of ether oxygens (including phenoxy) is 1. The first-order valence-corrected chi connectivity index (χ1v) is 13.6. The lowest BCUT2D eigenvalue weighted by Gasteiger charge is -2.45. The first-order chi connectivity index (χ1) is 15.2. The van der Waals surface area contributed by atoms with Gasteiger partial charge in [-0.2, -0.15) is 0 Å². The molecule has 0 spiro atoms. The molecule has 0 aliphatic heterocycles. The van der Waals surface area contributed by atoms with E-state index in [1.165, 1.54) is 77.0 Å². The first kappa shape index (κ1) is 23.1. The van der Waals surface area contributed by atoms with Gasteiger partial charge in [-0.25, -0.2) is 4.39 Å². The lowest BCUT2D eigenvalue weighted by atomic mass is 9.60. The molecular formula is C29H45FO. The number of hydrogen-bond donors (Lipinski definition) is 0. The van der Waals surface area contributed by atoms with Gasteiger partial charge in [-0.15, -0.1) is 0 Å².